The Kier molecular flexibility index (Phi) is 12.1. The van der Waals surface area contributed by atoms with Gasteiger partial charge in [-0.2, -0.15) is 5.26 Å². The lowest BCUT2D eigenvalue weighted by Gasteiger charge is -2.40. The van der Waals surface area contributed by atoms with E-state index in [0.29, 0.717) is 75.3 Å². The predicted octanol–water partition coefficient (Wildman–Crippen LogP) is 3.08. The van der Waals surface area contributed by atoms with Crippen LogP contribution < -0.4 is 15.2 Å². The number of piperazine rings is 1. The van der Waals surface area contributed by atoms with Crippen LogP contribution in [0.25, 0.3) is 0 Å². The van der Waals surface area contributed by atoms with Crippen LogP contribution in [0.5, 0.6) is 5.75 Å². The van der Waals surface area contributed by atoms with Crippen molar-refractivity contribution in [1.82, 2.24) is 14.5 Å². The normalized spacial score (nSPS) is 18.8. The second-order valence-electron chi connectivity index (χ2n) is 11.8. The van der Waals surface area contributed by atoms with Crippen LogP contribution in [0.3, 0.4) is 0 Å². The minimum atomic E-state index is -3.75. The first-order chi connectivity index (χ1) is 21.4. The molecule has 1 saturated heterocycles. The summed E-state index contributed by atoms with van der Waals surface area (Å²) in [6.07, 6.45) is -0.192. The third-order valence-electron chi connectivity index (χ3n) is 7.39. The van der Waals surface area contributed by atoms with E-state index in [9.17, 15) is 18.5 Å². The Hall–Kier alpha value is -2.96. The molecule has 1 amide bonds. The number of nitrogens with one attached hydrogen (secondary N) is 1. The minimum Gasteiger partial charge on any atom is -0.488 e. The van der Waals surface area contributed by atoms with Crippen molar-refractivity contribution in [3.63, 3.8) is 0 Å². The highest BCUT2D eigenvalue weighted by atomic mass is 35.5. The fourth-order valence-electron chi connectivity index (χ4n) is 5.37. The van der Waals surface area contributed by atoms with E-state index in [2.05, 4.69) is 15.7 Å². The van der Waals surface area contributed by atoms with Gasteiger partial charge in [0.25, 0.3) is 0 Å². The van der Waals surface area contributed by atoms with Crippen molar-refractivity contribution < 1.29 is 32.2 Å². The van der Waals surface area contributed by atoms with Crippen molar-refractivity contribution in [2.24, 2.45) is 5.73 Å². The van der Waals surface area contributed by atoms with Crippen LogP contribution in [0.4, 0.5) is 4.79 Å². The third-order valence-corrected chi connectivity index (χ3v) is 9.20. The van der Waals surface area contributed by atoms with Gasteiger partial charge in [0.2, 0.25) is 10.0 Å². The highest BCUT2D eigenvalue weighted by Crippen LogP contribution is 2.42. The summed E-state index contributed by atoms with van der Waals surface area (Å²) in [5, 5.41) is 10.1. The van der Waals surface area contributed by atoms with Crippen LogP contribution in [0.2, 0.25) is 5.02 Å². The molecule has 1 aliphatic heterocycles. The molecule has 1 aliphatic carbocycles. The zero-order valence-electron chi connectivity index (χ0n) is 26.0. The first kappa shape index (κ1) is 34.9. The number of nitrogens with two attached hydrogens (primary N) is 1. The Morgan fingerprint density at radius 3 is 2.36 bits per heavy atom. The maximum atomic E-state index is 12.8. The van der Waals surface area contributed by atoms with Gasteiger partial charge in [-0.1, -0.05) is 11.6 Å². The number of ether oxygens (including phenoxy) is 4. The van der Waals surface area contributed by atoms with Crippen LogP contribution >= 0.6 is 11.6 Å². The summed E-state index contributed by atoms with van der Waals surface area (Å²) < 4.78 is 50.7. The van der Waals surface area contributed by atoms with E-state index in [-0.39, 0.29) is 36.3 Å². The molecule has 4 rings (SSSR count). The molecule has 0 radical (unpaired) electrons. The number of rotatable bonds is 13. The fraction of sp³-hybridized carbons (Fsp3) is 0.548. The first-order valence-electron chi connectivity index (χ1n) is 15.0. The van der Waals surface area contributed by atoms with Gasteiger partial charge in [-0.3, -0.25) is 4.90 Å². The molecular weight excluding hydrogens is 622 g/mol. The van der Waals surface area contributed by atoms with Crippen LogP contribution in [0.1, 0.15) is 43.5 Å². The number of nitrogens with zero attached hydrogens (tertiary/aromatic N) is 3. The van der Waals surface area contributed by atoms with Crippen molar-refractivity contribution >= 4 is 27.7 Å². The second kappa shape index (κ2) is 15.6. The molecule has 3 N–H and O–H groups in total. The van der Waals surface area contributed by atoms with E-state index in [0.717, 1.165) is 11.1 Å². The molecule has 2 aliphatic rings. The summed E-state index contributed by atoms with van der Waals surface area (Å²) in [4.78, 5) is 16.7. The Balaban J connectivity index is 1.42. The monoisotopic (exact) mass is 663 g/mol. The van der Waals surface area contributed by atoms with E-state index >= 15 is 0 Å². The van der Waals surface area contributed by atoms with Crippen molar-refractivity contribution in [3.05, 3.63) is 58.1 Å². The van der Waals surface area contributed by atoms with Gasteiger partial charge in [-0.05, 0) is 68.3 Å². The molecule has 2 aromatic rings. The second-order valence-corrected chi connectivity index (χ2v) is 14.0. The molecule has 0 unspecified atom stereocenters. The molecule has 1 fully saturated rings. The smallest absolute Gasteiger partial charge is 0.410 e. The standard InChI is InChI=1S/C31H42ClN5O7S/c1-31(2,3)44-30(38)37-12-10-36(11-13-37)29-26-18-22(21-34)19-27(32)25(26)20-28(29)43-23-4-6-24(7-5-23)45(39,40)35-9-15-42-17-16-41-14-8-33/h4-7,18-19,28-29,35H,8-17,20,33H2,1-3H3/t28-,29-/m0/s1. The Morgan fingerprint density at radius 2 is 1.73 bits per heavy atom. The number of fused-ring (bicyclic) bond motifs is 1. The Labute approximate surface area is 270 Å². The van der Waals surface area contributed by atoms with Gasteiger partial charge >= 0.3 is 6.09 Å². The molecule has 0 spiro atoms. The van der Waals surface area contributed by atoms with E-state index < -0.39 is 15.6 Å². The maximum Gasteiger partial charge on any atom is 0.410 e. The van der Waals surface area contributed by atoms with Gasteiger partial charge in [0.15, 0.2) is 0 Å². The summed E-state index contributed by atoms with van der Waals surface area (Å²) >= 11 is 6.63. The van der Waals surface area contributed by atoms with Crippen molar-refractivity contribution in [2.75, 3.05) is 65.7 Å². The number of halogens is 1. The van der Waals surface area contributed by atoms with Crippen LogP contribution in [-0.2, 0) is 30.7 Å². The lowest BCUT2D eigenvalue weighted by Crippen LogP contribution is -2.52. The highest BCUT2D eigenvalue weighted by molar-refractivity contribution is 7.89. The topological polar surface area (TPSA) is 156 Å². The van der Waals surface area contributed by atoms with Gasteiger partial charge in [-0.25, -0.2) is 17.9 Å². The number of hydrogen-bond donors (Lipinski definition) is 2. The lowest BCUT2D eigenvalue weighted by molar-refractivity contribution is 0.00134. The van der Waals surface area contributed by atoms with Gasteiger partial charge in [0.1, 0.15) is 17.5 Å². The summed E-state index contributed by atoms with van der Waals surface area (Å²) in [7, 11) is -3.75. The minimum absolute atomic E-state index is 0.104. The van der Waals surface area contributed by atoms with Crippen LogP contribution in [0, 0.1) is 11.3 Å². The lowest BCUT2D eigenvalue weighted by atomic mass is 10.0. The van der Waals surface area contributed by atoms with Crippen molar-refractivity contribution in [2.45, 2.75) is 49.8 Å². The molecule has 2 aromatic carbocycles. The first-order valence-corrected chi connectivity index (χ1v) is 16.8. The summed E-state index contributed by atoms with van der Waals surface area (Å²) in [6.45, 7) is 9.58. The number of hydrogen-bond acceptors (Lipinski definition) is 10. The predicted molar refractivity (Wildman–Crippen MR) is 169 cm³/mol. The molecular formula is C31H42ClN5O7S. The van der Waals surface area contributed by atoms with Crippen molar-refractivity contribution in [3.8, 4) is 11.8 Å². The zero-order chi connectivity index (χ0) is 32.6. The van der Waals surface area contributed by atoms with Gasteiger partial charge in [-0.15, -0.1) is 0 Å². The SMILES string of the molecule is CC(C)(C)OC(=O)N1CCN([C@H]2c3cc(C#N)cc(Cl)c3C[C@@H]2Oc2ccc(S(=O)(=O)NCCOCCOCCN)cc2)CC1. The molecule has 12 nitrogen and oxygen atoms in total. The molecule has 45 heavy (non-hydrogen) atoms. The largest absolute Gasteiger partial charge is 0.488 e. The molecule has 0 saturated carbocycles. The van der Waals surface area contributed by atoms with Gasteiger partial charge in [0.05, 0.1) is 49.0 Å². The third kappa shape index (κ3) is 9.52. The number of amides is 1. The number of nitriles is 1. The number of sulfonamides is 1. The van der Waals surface area contributed by atoms with E-state index in [1.165, 1.54) is 12.1 Å². The zero-order valence-corrected chi connectivity index (χ0v) is 27.5. The summed E-state index contributed by atoms with van der Waals surface area (Å²) in [5.74, 6) is 0.501. The molecule has 1 heterocycles. The average molecular weight is 664 g/mol. The maximum absolute atomic E-state index is 12.8. The van der Waals surface area contributed by atoms with E-state index in [4.69, 9.17) is 36.3 Å². The van der Waals surface area contributed by atoms with Crippen LogP contribution in [-0.4, -0.2) is 102 Å². The van der Waals surface area contributed by atoms with Gasteiger partial charge < -0.3 is 29.6 Å². The summed E-state index contributed by atoms with van der Waals surface area (Å²) in [5.41, 5.74) is 7.08. The van der Waals surface area contributed by atoms with Crippen molar-refractivity contribution in [1.29, 1.82) is 5.26 Å². The number of carbonyl (C=O) groups excluding carboxylic acids is 1. The van der Waals surface area contributed by atoms with Gasteiger partial charge in [0, 0.05) is 50.7 Å². The number of carbonyl (C=O) groups is 1. The Morgan fingerprint density at radius 1 is 1.07 bits per heavy atom. The quantitative estimate of drug-likeness (QED) is 0.305. The number of benzene rings is 2. The van der Waals surface area contributed by atoms with E-state index in [1.54, 1.807) is 23.1 Å². The summed E-state index contributed by atoms with van der Waals surface area (Å²) in [6, 6.07) is 11.7. The fourth-order valence-corrected chi connectivity index (χ4v) is 6.69. The average Bonchev–Trinajstić information content (AvgIpc) is 3.36. The molecule has 0 bridgehead atoms. The van der Waals surface area contributed by atoms with Crippen LogP contribution in [0.15, 0.2) is 41.3 Å². The Bertz CT molecular complexity index is 1450. The van der Waals surface area contributed by atoms with E-state index in [1.807, 2.05) is 26.8 Å². The molecule has 2 atom stereocenters. The molecule has 14 heteroatoms. The highest BCUT2D eigenvalue weighted by Gasteiger charge is 2.41. The molecule has 246 valence electrons. The molecule has 0 aromatic heterocycles.